The molecule has 98 valence electrons. The summed E-state index contributed by atoms with van der Waals surface area (Å²) in [6.07, 6.45) is 2.24. The molecule has 1 aliphatic rings. The Balaban J connectivity index is 1.94. The molecule has 1 aromatic carbocycles. The van der Waals surface area contributed by atoms with Crippen molar-refractivity contribution in [1.82, 2.24) is 5.32 Å². The molecule has 2 rings (SSSR count). The third-order valence-electron chi connectivity index (χ3n) is 3.06. The molecule has 18 heavy (non-hydrogen) atoms. The summed E-state index contributed by atoms with van der Waals surface area (Å²) >= 11 is 0. The predicted octanol–water partition coefficient (Wildman–Crippen LogP) is 1.83. The van der Waals surface area contributed by atoms with Crippen LogP contribution in [0, 0.1) is 0 Å². The number of nitrogens with one attached hydrogen (secondary N) is 2. The van der Waals surface area contributed by atoms with Crippen molar-refractivity contribution in [2.75, 3.05) is 24.3 Å². The average Bonchev–Trinajstić information content (AvgIpc) is 3.13. The van der Waals surface area contributed by atoms with Crippen LogP contribution in [0.2, 0.25) is 0 Å². The van der Waals surface area contributed by atoms with Gasteiger partial charge in [-0.2, -0.15) is 0 Å². The Kier molecular flexibility index (Phi) is 3.75. The molecule has 1 unspecified atom stereocenters. The lowest BCUT2D eigenvalue weighted by atomic mass is 10.2. The van der Waals surface area contributed by atoms with E-state index in [1.165, 1.54) is 0 Å². The zero-order valence-corrected chi connectivity index (χ0v) is 11.2. The number of carbonyl (C=O) groups is 1. The number of rotatable bonds is 5. The van der Waals surface area contributed by atoms with Crippen molar-refractivity contribution < 1.29 is 4.79 Å². The molecule has 1 aromatic rings. The fourth-order valence-corrected chi connectivity index (χ4v) is 1.74. The second kappa shape index (κ2) is 5.29. The SMILES string of the molecule is CC(Nc1cccc(N(C)C)c1)C(=O)NC1CC1. The van der Waals surface area contributed by atoms with Crippen molar-refractivity contribution in [2.45, 2.75) is 31.8 Å². The number of nitrogens with zero attached hydrogens (tertiary/aromatic N) is 1. The van der Waals surface area contributed by atoms with E-state index in [0.717, 1.165) is 24.2 Å². The number of carbonyl (C=O) groups excluding carboxylic acids is 1. The molecular formula is C14H21N3O. The molecule has 0 aromatic heterocycles. The fraction of sp³-hybridized carbons (Fsp3) is 0.500. The van der Waals surface area contributed by atoms with Gasteiger partial charge in [0.1, 0.15) is 6.04 Å². The maximum absolute atomic E-state index is 11.8. The van der Waals surface area contributed by atoms with Crippen LogP contribution in [0.4, 0.5) is 11.4 Å². The first kappa shape index (κ1) is 12.7. The molecular weight excluding hydrogens is 226 g/mol. The number of benzene rings is 1. The second-order valence-corrected chi connectivity index (χ2v) is 5.09. The van der Waals surface area contributed by atoms with Gasteiger partial charge in [0.15, 0.2) is 0 Å². The van der Waals surface area contributed by atoms with E-state index in [-0.39, 0.29) is 11.9 Å². The van der Waals surface area contributed by atoms with E-state index >= 15 is 0 Å². The normalized spacial score (nSPS) is 15.9. The second-order valence-electron chi connectivity index (χ2n) is 5.09. The summed E-state index contributed by atoms with van der Waals surface area (Å²) < 4.78 is 0. The predicted molar refractivity (Wildman–Crippen MR) is 75.0 cm³/mol. The van der Waals surface area contributed by atoms with E-state index in [4.69, 9.17) is 0 Å². The zero-order valence-electron chi connectivity index (χ0n) is 11.2. The topological polar surface area (TPSA) is 44.4 Å². The third-order valence-corrected chi connectivity index (χ3v) is 3.06. The summed E-state index contributed by atoms with van der Waals surface area (Å²) in [5.41, 5.74) is 2.09. The Labute approximate surface area is 108 Å². The molecule has 4 nitrogen and oxygen atoms in total. The van der Waals surface area contributed by atoms with E-state index in [1.807, 2.05) is 50.2 Å². The molecule has 0 heterocycles. The first-order valence-electron chi connectivity index (χ1n) is 6.40. The van der Waals surface area contributed by atoms with Crippen LogP contribution in [0.15, 0.2) is 24.3 Å². The van der Waals surface area contributed by atoms with Crippen LogP contribution in [-0.2, 0) is 4.79 Å². The van der Waals surface area contributed by atoms with Crippen LogP contribution < -0.4 is 15.5 Å². The lowest BCUT2D eigenvalue weighted by molar-refractivity contribution is -0.121. The van der Waals surface area contributed by atoms with Gasteiger partial charge in [-0.3, -0.25) is 4.79 Å². The van der Waals surface area contributed by atoms with Crippen LogP contribution in [0.1, 0.15) is 19.8 Å². The van der Waals surface area contributed by atoms with Crippen LogP contribution in [0.3, 0.4) is 0 Å². The van der Waals surface area contributed by atoms with Crippen molar-refractivity contribution in [3.05, 3.63) is 24.3 Å². The van der Waals surface area contributed by atoms with E-state index in [0.29, 0.717) is 6.04 Å². The summed E-state index contributed by atoms with van der Waals surface area (Å²) in [6, 6.07) is 8.26. The quantitative estimate of drug-likeness (QED) is 0.834. The summed E-state index contributed by atoms with van der Waals surface area (Å²) in [5, 5.41) is 6.23. The number of hydrogen-bond donors (Lipinski definition) is 2. The van der Waals surface area contributed by atoms with Gasteiger partial charge in [0.2, 0.25) is 5.91 Å². The van der Waals surface area contributed by atoms with E-state index in [2.05, 4.69) is 10.6 Å². The smallest absolute Gasteiger partial charge is 0.242 e. The van der Waals surface area contributed by atoms with Gasteiger partial charge in [0.25, 0.3) is 0 Å². The number of hydrogen-bond acceptors (Lipinski definition) is 3. The third kappa shape index (κ3) is 3.39. The van der Waals surface area contributed by atoms with E-state index < -0.39 is 0 Å². The zero-order chi connectivity index (χ0) is 13.1. The van der Waals surface area contributed by atoms with Gasteiger partial charge in [-0.25, -0.2) is 0 Å². The first-order valence-corrected chi connectivity index (χ1v) is 6.40. The Hall–Kier alpha value is -1.71. The Morgan fingerprint density at radius 1 is 1.39 bits per heavy atom. The van der Waals surface area contributed by atoms with Gasteiger partial charge in [0.05, 0.1) is 0 Å². The first-order chi connectivity index (χ1) is 8.56. The Morgan fingerprint density at radius 3 is 2.72 bits per heavy atom. The van der Waals surface area contributed by atoms with Crippen molar-refractivity contribution in [3.8, 4) is 0 Å². The molecule has 0 bridgehead atoms. The monoisotopic (exact) mass is 247 g/mol. The van der Waals surface area contributed by atoms with Gasteiger partial charge >= 0.3 is 0 Å². The molecule has 1 saturated carbocycles. The van der Waals surface area contributed by atoms with Crippen LogP contribution in [-0.4, -0.2) is 32.1 Å². The summed E-state index contributed by atoms with van der Waals surface area (Å²) in [4.78, 5) is 13.9. The van der Waals surface area contributed by atoms with E-state index in [1.54, 1.807) is 0 Å². The lowest BCUT2D eigenvalue weighted by Crippen LogP contribution is -2.38. The maximum Gasteiger partial charge on any atom is 0.242 e. The molecule has 1 atom stereocenters. The van der Waals surface area contributed by atoms with Crippen molar-refractivity contribution in [2.24, 2.45) is 0 Å². The molecule has 4 heteroatoms. The van der Waals surface area contributed by atoms with Crippen LogP contribution in [0.25, 0.3) is 0 Å². The van der Waals surface area contributed by atoms with Crippen LogP contribution >= 0.6 is 0 Å². The molecule has 1 fully saturated rings. The van der Waals surface area contributed by atoms with Crippen molar-refractivity contribution >= 4 is 17.3 Å². The highest BCUT2D eigenvalue weighted by molar-refractivity contribution is 5.84. The summed E-state index contributed by atoms with van der Waals surface area (Å²) in [5.74, 6) is 0.0766. The summed E-state index contributed by atoms with van der Waals surface area (Å²) in [7, 11) is 4.00. The molecule has 0 radical (unpaired) electrons. The number of amides is 1. The number of anilines is 2. The Bertz CT molecular complexity index is 427. The van der Waals surface area contributed by atoms with Gasteiger partial charge in [-0.15, -0.1) is 0 Å². The maximum atomic E-state index is 11.8. The van der Waals surface area contributed by atoms with Gasteiger partial charge in [-0.1, -0.05) is 6.07 Å². The largest absolute Gasteiger partial charge is 0.378 e. The molecule has 1 aliphatic carbocycles. The minimum absolute atomic E-state index is 0.0766. The molecule has 0 spiro atoms. The van der Waals surface area contributed by atoms with Gasteiger partial charge < -0.3 is 15.5 Å². The molecule has 0 aliphatic heterocycles. The highest BCUT2D eigenvalue weighted by Gasteiger charge is 2.25. The highest BCUT2D eigenvalue weighted by Crippen LogP contribution is 2.20. The highest BCUT2D eigenvalue weighted by atomic mass is 16.2. The molecule has 0 saturated heterocycles. The van der Waals surface area contributed by atoms with Crippen molar-refractivity contribution in [3.63, 3.8) is 0 Å². The minimum Gasteiger partial charge on any atom is -0.378 e. The molecule has 1 amide bonds. The summed E-state index contributed by atoms with van der Waals surface area (Å²) in [6.45, 7) is 1.89. The van der Waals surface area contributed by atoms with Gasteiger partial charge in [-0.05, 0) is 38.0 Å². The minimum atomic E-state index is -0.206. The molecule has 2 N–H and O–H groups in total. The van der Waals surface area contributed by atoms with Gasteiger partial charge in [0, 0.05) is 31.5 Å². The standard InChI is InChI=1S/C14H21N3O/c1-10(14(18)16-11-7-8-11)15-12-5-4-6-13(9-12)17(2)3/h4-6,9-11,15H,7-8H2,1-3H3,(H,16,18). The van der Waals surface area contributed by atoms with Crippen molar-refractivity contribution in [1.29, 1.82) is 0 Å². The van der Waals surface area contributed by atoms with E-state index in [9.17, 15) is 4.79 Å². The Morgan fingerprint density at radius 2 is 2.11 bits per heavy atom. The van der Waals surface area contributed by atoms with Crippen LogP contribution in [0.5, 0.6) is 0 Å². The fourth-order valence-electron chi connectivity index (χ4n) is 1.74. The lowest BCUT2D eigenvalue weighted by Gasteiger charge is -2.18. The average molecular weight is 247 g/mol.